The topological polar surface area (TPSA) is 41.1 Å². The molecule has 116 valence electrons. The van der Waals surface area contributed by atoms with Crippen LogP contribution in [-0.2, 0) is 0 Å². The summed E-state index contributed by atoms with van der Waals surface area (Å²) in [5, 5.41) is 7.23. The van der Waals surface area contributed by atoms with E-state index in [1.807, 2.05) is 55.5 Å². The molecule has 0 saturated heterocycles. The first-order chi connectivity index (χ1) is 11.0. The van der Waals surface area contributed by atoms with Gasteiger partial charge < -0.3 is 5.32 Å². The minimum atomic E-state index is -0.305. The molecule has 0 bridgehead atoms. The van der Waals surface area contributed by atoms with Crippen molar-refractivity contribution in [3.63, 3.8) is 0 Å². The average Bonchev–Trinajstić information content (AvgIpc) is 2.87. The Morgan fingerprint density at radius 1 is 1.13 bits per heavy atom. The number of halogens is 1. The Balaban J connectivity index is 1.73. The molecule has 0 unspecified atom stereocenters. The van der Waals surface area contributed by atoms with E-state index in [9.17, 15) is 4.79 Å². The summed E-state index contributed by atoms with van der Waals surface area (Å²) in [6, 6.07) is 15.4. The number of carbonyl (C=O) groups is 1. The highest BCUT2D eigenvalue weighted by Gasteiger charge is 2.17. The van der Waals surface area contributed by atoms with Gasteiger partial charge in [0.1, 0.15) is 4.88 Å². The Morgan fingerprint density at radius 2 is 1.83 bits per heavy atom. The van der Waals surface area contributed by atoms with Gasteiger partial charge in [0.15, 0.2) is 5.11 Å². The van der Waals surface area contributed by atoms with Crippen molar-refractivity contribution in [2.24, 2.45) is 0 Å². The smallest absolute Gasteiger partial charge is 0.269 e. The summed E-state index contributed by atoms with van der Waals surface area (Å²) >= 11 is 12.8. The van der Waals surface area contributed by atoms with E-state index in [1.165, 1.54) is 11.3 Å². The van der Waals surface area contributed by atoms with Crippen molar-refractivity contribution in [3.05, 3.63) is 64.0 Å². The van der Waals surface area contributed by atoms with Gasteiger partial charge in [0, 0.05) is 15.8 Å². The van der Waals surface area contributed by atoms with Crippen molar-refractivity contribution < 1.29 is 4.79 Å². The van der Waals surface area contributed by atoms with Crippen LogP contribution < -0.4 is 10.6 Å². The molecular formula is C17H13ClN2OS2. The van der Waals surface area contributed by atoms with Gasteiger partial charge in [-0.3, -0.25) is 10.1 Å². The summed E-state index contributed by atoms with van der Waals surface area (Å²) < 4.78 is 0.972. The molecule has 23 heavy (non-hydrogen) atoms. The summed E-state index contributed by atoms with van der Waals surface area (Å²) in [6.07, 6.45) is 0. The first kappa shape index (κ1) is 15.9. The van der Waals surface area contributed by atoms with E-state index in [-0.39, 0.29) is 11.0 Å². The number of anilines is 1. The Kier molecular flexibility index (Phi) is 4.61. The summed E-state index contributed by atoms with van der Waals surface area (Å²) in [7, 11) is 0. The third kappa shape index (κ3) is 3.52. The molecule has 3 aromatic rings. The number of hydrogen-bond acceptors (Lipinski definition) is 3. The zero-order chi connectivity index (χ0) is 16.4. The summed E-state index contributed by atoms with van der Waals surface area (Å²) in [6.45, 7) is 2.01. The van der Waals surface area contributed by atoms with Gasteiger partial charge in [-0.15, -0.1) is 11.3 Å². The monoisotopic (exact) mass is 360 g/mol. The van der Waals surface area contributed by atoms with Gasteiger partial charge in [-0.05, 0) is 37.3 Å². The lowest BCUT2D eigenvalue weighted by Gasteiger charge is -2.09. The first-order valence-electron chi connectivity index (χ1n) is 6.90. The quantitative estimate of drug-likeness (QED) is 0.632. The Hall–Kier alpha value is -1.95. The first-order valence-corrected chi connectivity index (χ1v) is 8.51. The van der Waals surface area contributed by atoms with Crippen LogP contribution in [0, 0.1) is 6.92 Å². The second kappa shape index (κ2) is 6.66. The molecule has 2 aromatic carbocycles. The van der Waals surface area contributed by atoms with Crippen molar-refractivity contribution >= 4 is 61.9 Å². The Bertz CT molecular complexity index is 887. The maximum atomic E-state index is 12.4. The molecule has 0 aliphatic heterocycles. The highest BCUT2D eigenvalue weighted by molar-refractivity contribution is 7.80. The molecule has 2 N–H and O–H groups in total. The van der Waals surface area contributed by atoms with Crippen molar-refractivity contribution in [2.45, 2.75) is 6.92 Å². The number of nitrogens with one attached hydrogen (secondary N) is 2. The standard InChI is InChI=1S/C17H13ClN2OS2/c1-10-6-8-11(9-7-10)19-17(22)20-16(21)15-14(18)12-4-2-3-5-13(12)23-15/h2-9H,1H3,(H2,19,20,21,22). The largest absolute Gasteiger partial charge is 0.332 e. The van der Waals surface area contributed by atoms with Crippen molar-refractivity contribution in [3.8, 4) is 0 Å². The van der Waals surface area contributed by atoms with Gasteiger partial charge in [-0.1, -0.05) is 47.5 Å². The second-order valence-electron chi connectivity index (χ2n) is 5.02. The fourth-order valence-electron chi connectivity index (χ4n) is 2.12. The number of thiophene rings is 1. The Labute approximate surface area is 148 Å². The van der Waals surface area contributed by atoms with Crippen LogP contribution in [-0.4, -0.2) is 11.0 Å². The third-order valence-corrected chi connectivity index (χ3v) is 5.16. The molecule has 0 radical (unpaired) electrons. The van der Waals surface area contributed by atoms with Gasteiger partial charge in [-0.2, -0.15) is 0 Å². The van der Waals surface area contributed by atoms with Crippen LogP contribution in [0.4, 0.5) is 5.69 Å². The lowest BCUT2D eigenvalue weighted by molar-refractivity contribution is 0.0982. The summed E-state index contributed by atoms with van der Waals surface area (Å²) in [5.74, 6) is -0.305. The molecule has 0 fully saturated rings. The molecular weight excluding hydrogens is 348 g/mol. The predicted molar refractivity (Wildman–Crippen MR) is 102 cm³/mol. The zero-order valence-corrected chi connectivity index (χ0v) is 14.6. The van der Waals surface area contributed by atoms with E-state index in [2.05, 4.69) is 10.6 Å². The van der Waals surface area contributed by atoms with Gasteiger partial charge >= 0.3 is 0 Å². The van der Waals surface area contributed by atoms with Gasteiger partial charge in [0.25, 0.3) is 5.91 Å². The highest BCUT2D eigenvalue weighted by Crippen LogP contribution is 2.34. The van der Waals surface area contributed by atoms with Crippen molar-refractivity contribution in [1.82, 2.24) is 5.32 Å². The average molecular weight is 361 g/mol. The highest BCUT2D eigenvalue weighted by atomic mass is 35.5. The maximum Gasteiger partial charge on any atom is 0.269 e. The summed E-state index contributed by atoms with van der Waals surface area (Å²) in [5.41, 5.74) is 1.98. The van der Waals surface area contributed by atoms with Crippen LogP contribution >= 0.6 is 35.2 Å². The number of carbonyl (C=O) groups excluding carboxylic acids is 1. The van der Waals surface area contributed by atoms with Crippen LogP contribution in [0.1, 0.15) is 15.2 Å². The lowest BCUT2D eigenvalue weighted by atomic mass is 10.2. The molecule has 1 aromatic heterocycles. The fraction of sp³-hybridized carbons (Fsp3) is 0.0588. The van der Waals surface area contributed by atoms with Gasteiger partial charge in [0.2, 0.25) is 0 Å². The number of thiocarbonyl (C=S) groups is 1. The number of fused-ring (bicyclic) bond motifs is 1. The van der Waals surface area contributed by atoms with Crippen LogP contribution in [0.15, 0.2) is 48.5 Å². The Morgan fingerprint density at radius 3 is 2.52 bits per heavy atom. The van der Waals surface area contributed by atoms with Crippen molar-refractivity contribution in [1.29, 1.82) is 0 Å². The minimum absolute atomic E-state index is 0.243. The maximum absolute atomic E-state index is 12.4. The predicted octanol–water partition coefficient (Wildman–Crippen LogP) is 4.99. The SMILES string of the molecule is Cc1ccc(NC(=S)NC(=O)c2sc3ccccc3c2Cl)cc1. The molecule has 1 amide bonds. The lowest BCUT2D eigenvalue weighted by Crippen LogP contribution is -2.33. The van der Waals surface area contributed by atoms with Gasteiger partial charge in [-0.25, -0.2) is 0 Å². The molecule has 0 saturated carbocycles. The van der Waals surface area contributed by atoms with E-state index in [1.54, 1.807) is 0 Å². The van der Waals surface area contributed by atoms with E-state index in [4.69, 9.17) is 23.8 Å². The van der Waals surface area contributed by atoms with Crippen LogP contribution in [0.2, 0.25) is 5.02 Å². The number of aryl methyl sites for hydroxylation is 1. The summed E-state index contributed by atoms with van der Waals surface area (Å²) in [4.78, 5) is 12.8. The van der Waals surface area contributed by atoms with E-state index in [0.717, 1.165) is 21.3 Å². The number of hydrogen-bond donors (Lipinski definition) is 2. The molecule has 1 heterocycles. The normalized spacial score (nSPS) is 10.5. The molecule has 3 nitrogen and oxygen atoms in total. The minimum Gasteiger partial charge on any atom is -0.332 e. The fourth-order valence-corrected chi connectivity index (χ4v) is 3.74. The molecule has 0 aliphatic rings. The van der Waals surface area contributed by atoms with E-state index >= 15 is 0 Å². The molecule has 0 spiro atoms. The molecule has 0 atom stereocenters. The number of rotatable bonds is 2. The zero-order valence-electron chi connectivity index (χ0n) is 12.2. The second-order valence-corrected chi connectivity index (χ2v) is 6.85. The third-order valence-electron chi connectivity index (χ3n) is 3.28. The number of benzene rings is 2. The molecule has 0 aliphatic carbocycles. The van der Waals surface area contributed by atoms with E-state index < -0.39 is 0 Å². The van der Waals surface area contributed by atoms with Crippen LogP contribution in [0.3, 0.4) is 0 Å². The molecule has 3 rings (SSSR count). The van der Waals surface area contributed by atoms with Crippen LogP contribution in [0.25, 0.3) is 10.1 Å². The van der Waals surface area contributed by atoms with Gasteiger partial charge in [0.05, 0.1) is 5.02 Å². The van der Waals surface area contributed by atoms with Crippen molar-refractivity contribution in [2.75, 3.05) is 5.32 Å². The number of amides is 1. The van der Waals surface area contributed by atoms with Crippen LogP contribution in [0.5, 0.6) is 0 Å². The van der Waals surface area contributed by atoms with E-state index in [0.29, 0.717) is 9.90 Å². The molecule has 6 heteroatoms.